The summed E-state index contributed by atoms with van der Waals surface area (Å²) in [6, 6.07) is 12.2. The molecule has 0 atom stereocenters. The molecule has 0 radical (unpaired) electrons. The molecule has 1 aliphatic heterocycles. The second kappa shape index (κ2) is 8.62. The largest absolute Gasteiger partial charge is 0.411 e. The van der Waals surface area contributed by atoms with Crippen LogP contribution in [0.15, 0.2) is 64.0 Å². The van der Waals surface area contributed by atoms with Gasteiger partial charge in [-0.3, -0.25) is 14.3 Å². The number of benzene rings is 1. The molecule has 0 amide bonds. The minimum atomic E-state index is 0.538. The maximum atomic E-state index is 9.07. The summed E-state index contributed by atoms with van der Waals surface area (Å²) < 4.78 is 7.35. The van der Waals surface area contributed by atoms with E-state index in [-0.39, 0.29) is 0 Å². The SMILES string of the molecule is CC(=NO)c1ccc2nnc(Sc3ccc4ncc(CN5CCOCC5)cc4c3)n2c1. The molecule has 1 fully saturated rings. The van der Waals surface area contributed by atoms with Crippen LogP contribution >= 0.6 is 11.8 Å². The summed E-state index contributed by atoms with van der Waals surface area (Å²) >= 11 is 1.54. The van der Waals surface area contributed by atoms with Crippen molar-refractivity contribution >= 4 is 34.0 Å². The van der Waals surface area contributed by atoms with Crippen molar-refractivity contribution in [2.45, 2.75) is 23.5 Å². The van der Waals surface area contributed by atoms with Crippen molar-refractivity contribution in [3.63, 3.8) is 0 Å². The van der Waals surface area contributed by atoms with Gasteiger partial charge in [0.1, 0.15) is 0 Å². The van der Waals surface area contributed by atoms with E-state index >= 15 is 0 Å². The van der Waals surface area contributed by atoms with E-state index in [0.717, 1.165) is 65.0 Å². The van der Waals surface area contributed by atoms with Gasteiger partial charge in [-0.1, -0.05) is 5.16 Å². The third kappa shape index (κ3) is 4.25. The van der Waals surface area contributed by atoms with E-state index in [1.165, 1.54) is 5.56 Å². The van der Waals surface area contributed by atoms with Gasteiger partial charge >= 0.3 is 0 Å². The van der Waals surface area contributed by atoms with Gasteiger partial charge in [0.15, 0.2) is 10.8 Å². The Morgan fingerprint density at radius 1 is 1.16 bits per heavy atom. The van der Waals surface area contributed by atoms with E-state index < -0.39 is 0 Å². The lowest BCUT2D eigenvalue weighted by atomic mass is 10.1. The van der Waals surface area contributed by atoms with Crippen LogP contribution in [0.1, 0.15) is 18.1 Å². The van der Waals surface area contributed by atoms with E-state index in [1.54, 1.807) is 18.7 Å². The van der Waals surface area contributed by atoms with Crippen molar-refractivity contribution in [3.8, 4) is 0 Å². The number of nitrogens with zero attached hydrogens (tertiary/aromatic N) is 6. The van der Waals surface area contributed by atoms with Gasteiger partial charge in [-0.25, -0.2) is 0 Å². The first-order valence-electron chi connectivity index (χ1n) is 10.1. The lowest BCUT2D eigenvalue weighted by Gasteiger charge is -2.26. The maximum Gasteiger partial charge on any atom is 0.200 e. The van der Waals surface area contributed by atoms with Crippen molar-refractivity contribution in [2.24, 2.45) is 5.16 Å². The number of hydrogen-bond donors (Lipinski definition) is 1. The van der Waals surface area contributed by atoms with E-state index in [1.807, 2.05) is 41.1 Å². The normalized spacial score (nSPS) is 15.7. The molecule has 0 aliphatic carbocycles. The van der Waals surface area contributed by atoms with Gasteiger partial charge in [-0.15, -0.1) is 10.2 Å². The molecule has 0 spiro atoms. The van der Waals surface area contributed by atoms with Gasteiger partial charge in [0.25, 0.3) is 0 Å². The fraction of sp³-hybridized carbons (Fsp3) is 0.273. The predicted octanol–water partition coefficient (Wildman–Crippen LogP) is 3.46. The molecule has 3 aromatic heterocycles. The van der Waals surface area contributed by atoms with E-state index in [9.17, 15) is 0 Å². The summed E-state index contributed by atoms with van der Waals surface area (Å²) in [7, 11) is 0. The zero-order valence-electron chi connectivity index (χ0n) is 17.1. The number of morpholine rings is 1. The standard InChI is InChI=1S/C22H22N6O2S/c1-15(26-29)17-2-5-21-24-25-22(28(21)14-17)31-19-3-4-20-18(11-19)10-16(12-23-20)13-27-6-8-30-9-7-27/h2-5,10-12,14,29H,6-9,13H2,1H3. The number of fused-ring (bicyclic) bond motifs is 2. The van der Waals surface area contributed by atoms with E-state index in [2.05, 4.69) is 37.4 Å². The Bertz CT molecular complexity index is 1270. The lowest BCUT2D eigenvalue weighted by molar-refractivity contribution is 0.0341. The number of hydrogen-bond acceptors (Lipinski definition) is 8. The third-order valence-electron chi connectivity index (χ3n) is 5.37. The molecule has 1 N–H and O–H groups in total. The number of oxime groups is 1. The Morgan fingerprint density at radius 2 is 2.03 bits per heavy atom. The van der Waals surface area contributed by atoms with Crippen LogP contribution in [0.25, 0.3) is 16.6 Å². The van der Waals surface area contributed by atoms with Crippen LogP contribution in [0.2, 0.25) is 0 Å². The highest BCUT2D eigenvalue weighted by Crippen LogP contribution is 2.29. The maximum absolute atomic E-state index is 9.07. The molecule has 4 heterocycles. The van der Waals surface area contributed by atoms with Crippen LogP contribution in [0.3, 0.4) is 0 Å². The molecule has 5 rings (SSSR count). The van der Waals surface area contributed by atoms with Gasteiger partial charge in [-0.2, -0.15) is 0 Å². The molecule has 4 aromatic rings. The van der Waals surface area contributed by atoms with Gasteiger partial charge < -0.3 is 9.94 Å². The lowest BCUT2D eigenvalue weighted by Crippen LogP contribution is -2.35. The minimum absolute atomic E-state index is 0.538. The Balaban J connectivity index is 1.42. The summed E-state index contributed by atoms with van der Waals surface area (Å²) in [6.07, 6.45) is 3.85. The molecule has 1 aromatic carbocycles. The van der Waals surface area contributed by atoms with Gasteiger partial charge in [-0.05, 0) is 60.6 Å². The van der Waals surface area contributed by atoms with Crippen molar-refractivity contribution in [2.75, 3.05) is 26.3 Å². The van der Waals surface area contributed by atoms with E-state index in [0.29, 0.717) is 5.71 Å². The number of pyridine rings is 2. The molecule has 0 saturated carbocycles. The summed E-state index contributed by atoms with van der Waals surface area (Å²) in [5.41, 5.74) is 4.27. The Kier molecular flexibility index (Phi) is 5.54. The summed E-state index contributed by atoms with van der Waals surface area (Å²) in [5.74, 6) is 0. The van der Waals surface area contributed by atoms with Crippen LogP contribution in [0.5, 0.6) is 0 Å². The monoisotopic (exact) mass is 434 g/mol. The highest BCUT2D eigenvalue weighted by Gasteiger charge is 2.13. The highest BCUT2D eigenvalue weighted by molar-refractivity contribution is 7.99. The Labute approximate surface area is 183 Å². The van der Waals surface area contributed by atoms with Crippen LogP contribution in [0.4, 0.5) is 0 Å². The first-order chi connectivity index (χ1) is 15.2. The summed E-state index contributed by atoms with van der Waals surface area (Å²) in [6.45, 7) is 6.13. The molecule has 0 bridgehead atoms. The second-order valence-electron chi connectivity index (χ2n) is 7.50. The topological polar surface area (TPSA) is 88.1 Å². The third-order valence-corrected chi connectivity index (χ3v) is 6.32. The van der Waals surface area contributed by atoms with Crippen LogP contribution < -0.4 is 0 Å². The molecule has 9 heteroatoms. The van der Waals surface area contributed by atoms with Crippen molar-refractivity contribution in [1.29, 1.82) is 0 Å². The smallest absolute Gasteiger partial charge is 0.200 e. The van der Waals surface area contributed by atoms with Gasteiger partial charge in [0, 0.05) is 47.9 Å². The molecule has 1 aliphatic rings. The first kappa shape index (κ1) is 19.9. The number of aromatic nitrogens is 4. The van der Waals surface area contributed by atoms with Gasteiger partial charge in [0.2, 0.25) is 0 Å². The van der Waals surface area contributed by atoms with Gasteiger partial charge in [0.05, 0.1) is 24.4 Å². The molecule has 158 valence electrons. The van der Waals surface area contributed by atoms with Crippen LogP contribution in [-0.4, -0.2) is 61.7 Å². The molecule has 1 saturated heterocycles. The molecular formula is C22H22N6O2S. The van der Waals surface area contributed by atoms with Crippen molar-refractivity contribution < 1.29 is 9.94 Å². The fourth-order valence-electron chi connectivity index (χ4n) is 3.64. The zero-order valence-corrected chi connectivity index (χ0v) is 17.9. The highest BCUT2D eigenvalue weighted by atomic mass is 32.2. The summed E-state index contributed by atoms with van der Waals surface area (Å²) in [4.78, 5) is 8.09. The molecule has 31 heavy (non-hydrogen) atoms. The predicted molar refractivity (Wildman–Crippen MR) is 119 cm³/mol. The van der Waals surface area contributed by atoms with Crippen LogP contribution in [-0.2, 0) is 11.3 Å². The summed E-state index contributed by atoms with van der Waals surface area (Å²) in [5, 5.41) is 22.8. The average Bonchev–Trinajstić information content (AvgIpc) is 3.21. The second-order valence-corrected chi connectivity index (χ2v) is 8.54. The minimum Gasteiger partial charge on any atom is -0.411 e. The Morgan fingerprint density at radius 3 is 2.87 bits per heavy atom. The first-order valence-corrected chi connectivity index (χ1v) is 10.9. The quantitative estimate of drug-likeness (QED) is 0.292. The molecule has 0 unspecified atom stereocenters. The number of rotatable bonds is 5. The number of ether oxygens (including phenoxy) is 1. The molecule has 8 nitrogen and oxygen atoms in total. The Hall–Kier alpha value is -3.01. The molecular weight excluding hydrogens is 412 g/mol. The van der Waals surface area contributed by atoms with Crippen molar-refractivity contribution in [1.82, 2.24) is 24.5 Å². The zero-order chi connectivity index (χ0) is 21.2. The van der Waals surface area contributed by atoms with Crippen molar-refractivity contribution in [3.05, 3.63) is 59.9 Å². The van der Waals surface area contributed by atoms with Crippen LogP contribution in [0, 0.1) is 0 Å². The van der Waals surface area contributed by atoms with E-state index in [4.69, 9.17) is 9.94 Å². The fourth-order valence-corrected chi connectivity index (χ4v) is 4.50. The average molecular weight is 435 g/mol.